The molecule has 1 aliphatic carbocycles. The number of aromatic nitrogens is 1. The van der Waals surface area contributed by atoms with Crippen LogP contribution in [-0.4, -0.2) is 23.2 Å². The zero-order valence-electron chi connectivity index (χ0n) is 15.4. The van der Waals surface area contributed by atoms with E-state index in [4.69, 9.17) is 4.74 Å². The van der Waals surface area contributed by atoms with E-state index in [1.165, 1.54) is 7.11 Å². The van der Waals surface area contributed by atoms with Crippen LogP contribution in [0.25, 0.3) is 21.8 Å². The maximum atomic E-state index is 13.5. The van der Waals surface area contributed by atoms with Crippen LogP contribution in [0.5, 0.6) is 5.75 Å². The van der Waals surface area contributed by atoms with Crippen LogP contribution in [0.15, 0.2) is 67.3 Å². The van der Waals surface area contributed by atoms with E-state index in [0.29, 0.717) is 34.5 Å². The van der Waals surface area contributed by atoms with E-state index in [9.17, 15) is 9.59 Å². The highest BCUT2D eigenvalue weighted by Gasteiger charge is 2.34. The molecule has 1 aliphatic rings. The Hall–Kier alpha value is -3.66. The molecule has 28 heavy (non-hydrogen) atoms. The average molecular weight is 367 g/mol. The van der Waals surface area contributed by atoms with Crippen molar-refractivity contribution in [2.24, 2.45) is 0 Å². The Morgan fingerprint density at radius 3 is 2.43 bits per heavy atom. The Morgan fingerprint density at radius 1 is 0.893 bits per heavy atom. The molecule has 0 spiro atoms. The van der Waals surface area contributed by atoms with Gasteiger partial charge < -0.3 is 9.30 Å². The Labute approximate surface area is 161 Å². The zero-order chi connectivity index (χ0) is 19.4. The minimum Gasteiger partial charge on any atom is -0.496 e. The zero-order valence-corrected chi connectivity index (χ0v) is 15.4. The summed E-state index contributed by atoms with van der Waals surface area (Å²) in [5.41, 5.74) is 3.41. The van der Waals surface area contributed by atoms with E-state index in [0.717, 1.165) is 21.8 Å². The minimum atomic E-state index is -0.181. The molecule has 0 atom stereocenters. The van der Waals surface area contributed by atoms with Crippen molar-refractivity contribution in [3.05, 3.63) is 89.5 Å². The predicted molar refractivity (Wildman–Crippen MR) is 110 cm³/mol. The molecule has 0 unspecified atom stereocenters. The number of methoxy groups -OCH3 is 1. The van der Waals surface area contributed by atoms with Crippen molar-refractivity contribution in [3.8, 4) is 5.75 Å². The molecule has 3 aromatic carbocycles. The first-order valence-electron chi connectivity index (χ1n) is 9.08. The SMILES string of the molecule is C=CCn1c2ccccc2c2ccc3c(c21)C(=O)c1cccc(OC)c1C3=O. The number of carbonyl (C=O) groups is 2. The molecule has 0 amide bonds. The summed E-state index contributed by atoms with van der Waals surface area (Å²) in [6.45, 7) is 4.41. The molecule has 0 radical (unpaired) electrons. The maximum absolute atomic E-state index is 13.5. The normalized spacial score (nSPS) is 12.9. The van der Waals surface area contributed by atoms with E-state index < -0.39 is 0 Å². The van der Waals surface area contributed by atoms with E-state index >= 15 is 0 Å². The summed E-state index contributed by atoms with van der Waals surface area (Å²) in [6, 6.07) is 16.9. The second-order valence-corrected chi connectivity index (χ2v) is 6.84. The van der Waals surface area contributed by atoms with Crippen molar-refractivity contribution in [1.29, 1.82) is 0 Å². The summed E-state index contributed by atoms with van der Waals surface area (Å²) < 4.78 is 7.41. The van der Waals surface area contributed by atoms with E-state index in [-0.39, 0.29) is 11.6 Å². The molecule has 136 valence electrons. The van der Waals surface area contributed by atoms with Gasteiger partial charge in [0.25, 0.3) is 0 Å². The quantitative estimate of drug-likeness (QED) is 0.432. The molecule has 5 rings (SSSR count). The van der Waals surface area contributed by atoms with Gasteiger partial charge in [-0.3, -0.25) is 9.59 Å². The van der Waals surface area contributed by atoms with Gasteiger partial charge in [-0.05, 0) is 18.2 Å². The standard InChI is InChI=1S/C24H17NO3/c1-3-13-25-18-9-5-4-7-14(18)15-11-12-17-21(22(15)25)24(27)16-8-6-10-19(28-2)20(16)23(17)26/h3-12H,1,13H2,2H3. The van der Waals surface area contributed by atoms with Crippen LogP contribution in [0.1, 0.15) is 31.8 Å². The van der Waals surface area contributed by atoms with Crippen LogP contribution < -0.4 is 4.74 Å². The predicted octanol–water partition coefficient (Wildman–Crippen LogP) is 4.76. The Kier molecular flexibility index (Phi) is 3.49. The van der Waals surface area contributed by atoms with Crippen LogP contribution >= 0.6 is 0 Å². The lowest BCUT2D eigenvalue weighted by atomic mass is 9.82. The molecular weight excluding hydrogens is 350 g/mol. The number of rotatable bonds is 3. The number of allylic oxidation sites excluding steroid dienone is 1. The van der Waals surface area contributed by atoms with Crippen LogP contribution in [0, 0.1) is 0 Å². The summed E-state index contributed by atoms with van der Waals surface area (Å²) in [7, 11) is 1.51. The van der Waals surface area contributed by atoms with Gasteiger partial charge in [0.1, 0.15) is 5.75 Å². The third-order valence-electron chi connectivity index (χ3n) is 5.43. The van der Waals surface area contributed by atoms with E-state index in [1.54, 1.807) is 30.3 Å². The van der Waals surface area contributed by atoms with Gasteiger partial charge in [-0.25, -0.2) is 0 Å². The topological polar surface area (TPSA) is 48.3 Å². The number of ketones is 2. The van der Waals surface area contributed by atoms with Gasteiger partial charge in [0.2, 0.25) is 0 Å². The number of hydrogen-bond acceptors (Lipinski definition) is 3. The van der Waals surface area contributed by atoms with Gasteiger partial charge in [0, 0.05) is 34.0 Å². The fraction of sp³-hybridized carbons (Fsp3) is 0.0833. The number of nitrogens with zero attached hydrogens (tertiary/aromatic N) is 1. The highest BCUT2D eigenvalue weighted by Crippen LogP contribution is 2.39. The molecular formula is C24H17NO3. The molecule has 0 fully saturated rings. The van der Waals surface area contributed by atoms with Gasteiger partial charge in [0.15, 0.2) is 11.6 Å². The van der Waals surface area contributed by atoms with Gasteiger partial charge in [-0.15, -0.1) is 6.58 Å². The van der Waals surface area contributed by atoms with Crippen molar-refractivity contribution in [2.75, 3.05) is 7.11 Å². The molecule has 4 nitrogen and oxygen atoms in total. The molecule has 0 aliphatic heterocycles. The minimum absolute atomic E-state index is 0.151. The molecule has 4 heteroatoms. The van der Waals surface area contributed by atoms with Gasteiger partial charge in [-0.2, -0.15) is 0 Å². The second-order valence-electron chi connectivity index (χ2n) is 6.84. The number of hydrogen-bond donors (Lipinski definition) is 0. The first-order valence-corrected chi connectivity index (χ1v) is 9.08. The fourth-order valence-corrected chi connectivity index (χ4v) is 4.28. The number of benzene rings is 3. The monoisotopic (exact) mass is 367 g/mol. The molecule has 0 saturated carbocycles. The summed E-state index contributed by atoms with van der Waals surface area (Å²) in [5, 5.41) is 2.02. The molecule has 1 heterocycles. The van der Waals surface area contributed by atoms with Crippen LogP contribution in [0.3, 0.4) is 0 Å². The highest BCUT2D eigenvalue weighted by atomic mass is 16.5. The summed E-state index contributed by atoms with van der Waals surface area (Å²) in [4.78, 5) is 26.8. The van der Waals surface area contributed by atoms with Gasteiger partial charge in [-0.1, -0.05) is 42.5 Å². The van der Waals surface area contributed by atoms with Crippen molar-refractivity contribution < 1.29 is 14.3 Å². The summed E-state index contributed by atoms with van der Waals surface area (Å²) in [5.74, 6) is 0.0924. The summed E-state index contributed by atoms with van der Waals surface area (Å²) >= 11 is 0. The largest absolute Gasteiger partial charge is 0.496 e. The molecule has 0 bridgehead atoms. The lowest BCUT2D eigenvalue weighted by Crippen LogP contribution is -2.22. The Morgan fingerprint density at radius 2 is 1.64 bits per heavy atom. The summed E-state index contributed by atoms with van der Waals surface area (Å²) in [6.07, 6.45) is 1.80. The van der Waals surface area contributed by atoms with E-state index in [1.807, 2.05) is 30.3 Å². The van der Waals surface area contributed by atoms with Crippen molar-refractivity contribution >= 4 is 33.4 Å². The maximum Gasteiger partial charge on any atom is 0.198 e. The van der Waals surface area contributed by atoms with Crippen molar-refractivity contribution in [2.45, 2.75) is 6.54 Å². The Bertz CT molecular complexity index is 1330. The molecule has 1 aromatic heterocycles. The number of para-hydroxylation sites is 1. The number of fused-ring (bicyclic) bond motifs is 6. The molecule has 0 N–H and O–H groups in total. The first kappa shape index (κ1) is 16.5. The van der Waals surface area contributed by atoms with Gasteiger partial charge in [0.05, 0.1) is 23.8 Å². The van der Waals surface area contributed by atoms with Crippen LogP contribution in [0.2, 0.25) is 0 Å². The van der Waals surface area contributed by atoms with Crippen molar-refractivity contribution in [3.63, 3.8) is 0 Å². The second kappa shape index (κ2) is 5.92. The fourth-order valence-electron chi connectivity index (χ4n) is 4.28. The lowest BCUT2D eigenvalue weighted by Gasteiger charge is -2.21. The number of ether oxygens (including phenoxy) is 1. The third-order valence-corrected chi connectivity index (χ3v) is 5.43. The highest BCUT2D eigenvalue weighted by molar-refractivity contribution is 6.33. The number of carbonyl (C=O) groups excluding carboxylic acids is 2. The van der Waals surface area contributed by atoms with Crippen LogP contribution in [-0.2, 0) is 6.54 Å². The van der Waals surface area contributed by atoms with Crippen molar-refractivity contribution in [1.82, 2.24) is 4.57 Å². The molecule has 0 saturated heterocycles. The third kappa shape index (κ3) is 2.00. The first-order chi connectivity index (χ1) is 13.7. The van der Waals surface area contributed by atoms with Gasteiger partial charge >= 0.3 is 0 Å². The molecule has 4 aromatic rings. The van der Waals surface area contributed by atoms with Crippen LogP contribution in [0.4, 0.5) is 0 Å². The lowest BCUT2D eigenvalue weighted by molar-refractivity contribution is 0.0977. The average Bonchev–Trinajstić information content (AvgIpc) is 3.05. The van der Waals surface area contributed by atoms with E-state index in [2.05, 4.69) is 11.1 Å². The Balaban J connectivity index is 1.94. The smallest absolute Gasteiger partial charge is 0.198 e.